The number of carbonyl (C=O) groups is 1. The second kappa shape index (κ2) is 5.55. The lowest BCUT2D eigenvalue weighted by Gasteiger charge is -2.28. The summed E-state index contributed by atoms with van der Waals surface area (Å²) in [6.45, 7) is 1.88. The van der Waals surface area contributed by atoms with Gasteiger partial charge in [-0.25, -0.2) is 9.18 Å². The Morgan fingerprint density at radius 1 is 1.45 bits per heavy atom. The van der Waals surface area contributed by atoms with Gasteiger partial charge in [-0.1, -0.05) is 30.2 Å². The van der Waals surface area contributed by atoms with Gasteiger partial charge in [-0.15, -0.1) is 0 Å². The van der Waals surface area contributed by atoms with Crippen LogP contribution < -0.4 is 5.32 Å². The van der Waals surface area contributed by atoms with E-state index in [9.17, 15) is 9.18 Å². The summed E-state index contributed by atoms with van der Waals surface area (Å²) in [5.74, 6) is -0.621. The van der Waals surface area contributed by atoms with Crippen LogP contribution in [0.5, 0.6) is 0 Å². The maximum Gasteiger partial charge on any atom is 0.338 e. The standard InChI is InChI=1S/C14H14FN5O2/c1-3-10-11(13(21)22-2)12(8-6-4-5-7-9(8)15)20-14(16-10)17-18-19-20/h4-7,12H,3H2,1-2H3,(H,16,17,19)/t12-/m1/s1. The minimum atomic E-state index is -0.769. The van der Waals surface area contributed by atoms with Crippen LogP contribution in [0.1, 0.15) is 24.9 Å². The van der Waals surface area contributed by atoms with Crippen LogP contribution in [0.15, 0.2) is 35.5 Å². The van der Waals surface area contributed by atoms with Crippen molar-refractivity contribution in [1.29, 1.82) is 0 Å². The first kappa shape index (κ1) is 14.2. The summed E-state index contributed by atoms with van der Waals surface area (Å²) in [6.07, 6.45) is 0.530. The SMILES string of the molecule is CCC1=C(C(=O)OC)[C@@H](c2ccccc2F)n2nnnc2N1. The average Bonchev–Trinajstić information content (AvgIpc) is 3.01. The summed E-state index contributed by atoms with van der Waals surface area (Å²) in [4.78, 5) is 12.2. The van der Waals surface area contributed by atoms with Gasteiger partial charge in [0.15, 0.2) is 0 Å². The van der Waals surface area contributed by atoms with E-state index in [4.69, 9.17) is 4.74 Å². The van der Waals surface area contributed by atoms with E-state index >= 15 is 0 Å². The quantitative estimate of drug-likeness (QED) is 0.869. The van der Waals surface area contributed by atoms with Gasteiger partial charge in [-0.2, -0.15) is 4.68 Å². The first-order valence-electron chi connectivity index (χ1n) is 6.78. The van der Waals surface area contributed by atoms with Crippen LogP contribution in [-0.2, 0) is 9.53 Å². The predicted octanol–water partition coefficient (Wildman–Crippen LogP) is 1.66. The van der Waals surface area contributed by atoms with Crippen molar-refractivity contribution in [3.63, 3.8) is 0 Å². The third kappa shape index (κ3) is 2.12. The Balaban J connectivity index is 2.25. The zero-order chi connectivity index (χ0) is 15.7. The summed E-state index contributed by atoms with van der Waals surface area (Å²) < 4.78 is 20.5. The molecule has 1 aromatic carbocycles. The molecule has 114 valence electrons. The van der Waals surface area contributed by atoms with E-state index in [1.54, 1.807) is 18.2 Å². The molecule has 0 radical (unpaired) electrons. The molecule has 1 atom stereocenters. The Bertz CT molecular complexity index is 755. The van der Waals surface area contributed by atoms with Crippen LogP contribution in [0.25, 0.3) is 0 Å². The number of halogens is 1. The number of aromatic nitrogens is 4. The number of hydrogen-bond donors (Lipinski definition) is 1. The number of benzene rings is 1. The van der Waals surface area contributed by atoms with Gasteiger partial charge in [0.2, 0.25) is 5.95 Å². The maximum absolute atomic E-state index is 14.3. The van der Waals surface area contributed by atoms with Gasteiger partial charge >= 0.3 is 5.97 Å². The highest BCUT2D eigenvalue weighted by Gasteiger charge is 2.36. The molecule has 22 heavy (non-hydrogen) atoms. The van der Waals surface area contributed by atoms with E-state index in [0.29, 0.717) is 29.2 Å². The number of fused-ring (bicyclic) bond motifs is 1. The molecule has 1 aliphatic heterocycles. The lowest BCUT2D eigenvalue weighted by atomic mass is 9.94. The Morgan fingerprint density at radius 2 is 2.23 bits per heavy atom. The molecule has 0 spiro atoms. The molecular weight excluding hydrogens is 289 g/mol. The summed E-state index contributed by atoms with van der Waals surface area (Å²) in [5, 5.41) is 14.3. The Hall–Kier alpha value is -2.77. The summed E-state index contributed by atoms with van der Waals surface area (Å²) in [5.41, 5.74) is 1.22. The number of carbonyl (C=O) groups excluding carboxylic acids is 1. The number of hydrogen-bond acceptors (Lipinski definition) is 6. The molecule has 0 saturated carbocycles. The van der Waals surface area contributed by atoms with E-state index in [-0.39, 0.29) is 0 Å². The molecule has 0 saturated heterocycles. The molecule has 8 heteroatoms. The molecule has 0 unspecified atom stereocenters. The molecule has 0 fully saturated rings. The van der Waals surface area contributed by atoms with Crippen molar-refractivity contribution in [1.82, 2.24) is 20.2 Å². The zero-order valence-corrected chi connectivity index (χ0v) is 12.1. The van der Waals surface area contributed by atoms with Crippen molar-refractivity contribution < 1.29 is 13.9 Å². The third-order valence-corrected chi connectivity index (χ3v) is 3.56. The summed E-state index contributed by atoms with van der Waals surface area (Å²) in [6, 6.07) is 5.46. The maximum atomic E-state index is 14.3. The van der Waals surface area contributed by atoms with Gasteiger partial charge in [0.25, 0.3) is 0 Å². The summed E-state index contributed by atoms with van der Waals surface area (Å²) in [7, 11) is 1.29. The molecule has 7 nitrogen and oxygen atoms in total. The van der Waals surface area contributed by atoms with Crippen LogP contribution >= 0.6 is 0 Å². The molecule has 0 amide bonds. The number of methoxy groups -OCH3 is 1. The first-order chi connectivity index (χ1) is 10.7. The van der Waals surface area contributed by atoms with Gasteiger partial charge in [0.05, 0.1) is 12.7 Å². The fraction of sp³-hybridized carbons (Fsp3) is 0.286. The minimum absolute atomic E-state index is 0.301. The lowest BCUT2D eigenvalue weighted by Crippen LogP contribution is -2.30. The van der Waals surface area contributed by atoms with Crippen LogP contribution in [0.2, 0.25) is 0 Å². The molecule has 2 aromatic rings. The number of rotatable bonds is 3. The fourth-order valence-corrected chi connectivity index (χ4v) is 2.55. The smallest absolute Gasteiger partial charge is 0.338 e. The number of nitrogens with one attached hydrogen (secondary N) is 1. The zero-order valence-electron chi connectivity index (χ0n) is 12.1. The predicted molar refractivity (Wildman–Crippen MR) is 75.3 cm³/mol. The van der Waals surface area contributed by atoms with Gasteiger partial charge in [0, 0.05) is 11.3 Å². The van der Waals surface area contributed by atoms with Crippen LogP contribution in [0.4, 0.5) is 10.3 Å². The number of allylic oxidation sites excluding steroid dienone is 1. The monoisotopic (exact) mass is 303 g/mol. The fourth-order valence-electron chi connectivity index (χ4n) is 2.55. The second-order valence-electron chi connectivity index (χ2n) is 4.73. The Labute approximate surface area is 125 Å². The Morgan fingerprint density at radius 3 is 2.91 bits per heavy atom. The highest BCUT2D eigenvalue weighted by molar-refractivity contribution is 5.92. The highest BCUT2D eigenvalue weighted by Crippen LogP contribution is 2.36. The normalized spacial score (nSPS) is 17.0. The number of nitrogens with zero attached hydrogens (tertiary/aromatic N) is 4. The largest absolute Gasteiger partial charge is 0.466 e. The van der Waals surface area contributed by atoms with Gasteiger partial charge in [-0.05, 0) is 22.9 Å². The second-order valence-corrected chi connectivity index (χ2v) is 4.73. The van der Waals surface area contributed by atoms with Gasteiger partial charge < -0.3 is 10.1 Å². The van der Waals surface area contributed by atoms with Crippen LogP contribution in [-0.4, -0.2) is 33.3 Å². The van der Waals surface area contributed by atoms with Crippen molar-refractivity contribution in [3.8, 4) is 0 Å². The molecular formula is C14H14FN5O2. The minimum Gasteiger partial charge on any atom is -0.466 e. The average molecular weight is 303 g/mol. The molecule has 1 aromatic heterocycles. The van der Waals surface area contributed by atoms with Gasteiger partial charge in [0.1, 0.15) is 11.9 Å². The molecule has 2 heterocycles. The molecule has 1 N–H and O–H groups in total. The van der Waals surface area contributed by atoms with Crippen molar-refractivity contribution in [2.24, 2.45) is 0 Å². The van der Waals surface area contributed by atoms with E-state index in [0.717, 1.165) is 0 Å². The Kier molecular flexibility index (Phi) is 3.58. The van der Waals surface area contributed by atoms with E-state index in [1.165, 1.54) is 17.9 Å². The van der Waals surface area contributed by atoms with Gasteiger partial charge in [-0.3, -0.25) is 0 Å². The van der Waals surface area contributed by atoms with Crippen molar-refractivity contribution >= 4 is 11.9 Å². The molecule has 1 aliphatic rings. The van der Waals surface area contributed by atoms with E-state index in [2.05, 4.69) is 20.8 Å². The molecule has 0 bridgehead atoms. The van der Waals surface area contributed by atoms with E-state index in [1.807, 2.05) is 6.92 Å². The molecule has 3 rings (SSSR count). The number of tetrazole rings is 1. The lowest BCUT2D eigenvalue weighted by molar-refractivity contribution is -0.136. The number of anilines is 1. The first-order valence-corrected chi connectivity index (χ1v) is 6.78. The topological polar surface area (TPSA) is 81.9 Å². The number of ether oxygens (including phenoxy) is 1. The van der Waals surface area contributed by atoms with Crippen LogP contribution in [0.3, 0.4) is 0 Å². The third-order valence-electron chi connectivity index (χ3n) is 3.56. The number of esters is 1. The van der Waals surface area contributed by atoms with Crippen molar-refractivity contribution in [2.45, 2.75) is 19.4 Å². The molecule has 0 aliphatic carbocycles. The highest BCUT2D eigenvalue weighted by atomic mass is 19.1. The van der Waals surface area contributed by atoms with E-state index < -0.39 is 17.8 Å². The van der Waals surface area contributed by atoms with Crippen LogP contribution in [0, 0.1) is 5.82 Å². The van der Waals surface area contributed by atoms with Crippen molar-refractivity contribution in [2.75, 3.05) is 12.4 Å². The van der Waals surface area contributed by atoms with Crippen molar-refractivity contribution in [3.05, 3.63) is 46.9 Å². The summed E-state index contributed by atoms with van der Waals surface area (Å²) >= 11 is 0.